The topological polar surface area (TPSA) is 68.7 Å². The molecule has 6 nitrogen and oxygen atoms in total. The highest BCUT2D eigenvalue weighted by Gasteiger charge is 2.18. The summed E-state index contributed by atoms with van der Waals surface area (Å²) >= 11 is 0. The summed E-state index contributed by atoms with van der Waals surface area (Å²) in [5.74, 6) is 0.995. The minimum atomic E-state index is -0.395. The summed E-state index contributed by atoms with van der Waals surface area (Å²) in [5.41, 5.74) is 2.05. The Morgan fingerprint density at radius 1 is 1.43 bits per heavy atom. The summed E-state index contributed by atoms with van der Waals surface area (Å²) in [5, 5.41) is 12.2. The average Bonchev–Trinajstić information content (AvgIpc) is 3.05. The maximum atomic E-state index is 12.1. The van der Waals surface area contributed by atoms with Crippen LogP contribution in [0.2, 0.25) is 0 Å². The first kappa shape index (κ1) is 17.5. The van der Waals surface area contributed by atoms with Crippen LogP contribution in [-0.4, -0.2) is 53.8 Å². The third kappa shape index (κ3) is 5.10. The number of carbonyl (C=O) groups excluding carboxylic acids is 1. The van der Waals surface area contributed by atoms with Gasteiger partial charge in [0.15, 0.2) is 0 Å². The number of aliphatic hydroxyl groups is 1. The first-order chi connectivity index (χ1) is 11.0. The first-order valence-corrected chi connectivity index (χ1v) is 8.36. The molecule has 23 heavy (non-hydrogen) atoms. The molecule has 1 fully saturated rings. The van der Waals surface area contributed by atoms with E-state index in [1.807, 2.05) is 19.1 Å². The van der Waals surface area contributed by atoms with Crippen LogP contribution in [0.3, 0.4) is 0 Å². The molecule has 128 valence electrons. The van der Waals surface area contributed by atoms with Crippen LogP contribution >= 0.6 is 0 Å². The molecule has 0 aromatic carbocycles. The second-order valence-corrected chi connectivity index (χ2v) is 6.35. The van der Waals surface area contributed by atoms with Gasteiger partial charge in [0.05, 0.1) is 6.10 Å². The van der Waals surface area contributed by atoms with Crippen molar-refractivity contribution in [2.24, 2.45) is 0 Å². The number of hydrogen-bond acceptors (Lipinski definition) is 4. The van der Waals surface area contributed by atoms with Crippen molar-refractivity contribution >= 4 is 11.8 Å². The Labute approximate surface area is 138 Å². The summed E-state index contributed by atoms with van der Waals surface area (Å²) in [6, 6.07) is 3.91. The Bertz CT molecular complexity index is 527. The molecular weight excluding hydrogens is 292 g/mol. The Morgan fingerprint density at radius 3 is 2.78 bits per heavy atom. The van der Waals surface area contributed by atoms with Gasteiger partial charge in [0.25, 0.3) is 0 Å². The lowest BCUT2D eigenvalue weighted by molar-refractivity contribution is 0.163. The normalized spacial score (nSPS) is 15.6. The number of aliphatic hydroxyl groups excluding tert-OH is 1. The third-order valence-electron chi connectivity index (χ3n) is 4.16. The predicted octanol–water partition coefficient (Wildman–Crippen LogP) is 1.90. The average molecular weight is 320 g/mol. The molecule has 1 saturated heterocycles. The minimum Gasteiger partial charge on any atom is -0.393 e. The zero-order valence-electron chi connectivity index (χ0n) is 14.4. The molecule has 0 aliphatic carbocycles. The van der Waals surface area contributed by atoms with E-state index < -0.39 is 6.10 Å². The fourth-order valence-electron chi connectivity index (χ4n) is 2.70. The highest BCUT2D eigenvalue weighted by Crippen LogP contribution is 2.22. The van der Waals surface area contributed by atoms with Crippen LogP contribution in [0, 0.1) is 6.92 Å². The number of aromatic nitrogens is 1. The molecular formula is C17H28N4O2. The summed E-state index contributed by atoms with van der Waals surface area (Å²) in [7, 11) is 1.74. The van der Waals surface area contributed by atoms with Crippen molar-refractivity contribution in [3.05, 3.63) is 23.4 Å². The second kappa shape index (κ2) is 8.15. The van der Waals surface area contributed by atoms with Gasteiger partial charge in [0, 0.05) is 44.5 Å². The van der Waals surface area contributed by atoms with Gasteiger partial charge in [0.2, 0.25) is 0 Å². The van der Waals surface area contributed by atoms with E-state index in [9.17, 15) is 9.90 Å². The van der Waals surface area contributed by atoms with Gasteiger partial charge in [0.1, 0.15) is 5.82 Å². The number of rotatable bonds is 6. The zero-order chi connectivity index (χ0) is 16.8. The lowest BCUT2D eigenvalue weighted by Gasteiger charge is -2.22. The van der Waals surface area contributed by atoms with Crippen molar-refractivity contribution in [2.75, 3.05) is 31.6 Å². The highest BCUT2D eigenvalue weighted by atomic mass is 16.3. The molecule has 0 saturated carbocycles. The molecule has 1 atom stereocenters. The zero-order valence-corrected chi connectivity index (χ0v) is 14.4. The van der Waals surface area contributed by atoms with Crippen LogP contribution in [-0.2, 0) is 6.54 Å². The Kier molecular flexibility index (Phi) is 6.21. The van der Waals surface area contributed by atoms with Crippen molar-refractivity contribution in [3.8, 4) is 0 Å². The number of pyridine rings is 1. The number of carbonyl (C=O) groups is 1. The van der Waals surface area contributed by atoms with Crippen LogP contribution < -0.4 is 10.2 Å². The first-order valence-electron chi connectivity index (χ1n) is 8.36. The molecule has 1 aliphatic rings. The van der Waals surface area contributed by atoms with E-state index >= 15 is 0 Å². The molecule has 1 unspecified atom stereocenters. The number of nitrogens with zero attached hydrogens (tertiary/aromatic N) is 3. The fraction of sp³-hybridized carbons (Fsp3) is 0.647. The standard InChI is InChI=1S/C17H28N4O2/c1-13-6-7-15(16(19-13)21-9-4-5-10-21)12-18-17(23)20(3)11-8-14(2)22/h6-7,14,22H,4-5,8-12H2,1-3H3,(H,18,23). The van der Waals surface area contributed by atoms with E-state index in [0.29, 0.717) is 19.5 Å². The quantitative estimate of drug-likeness (QED) is 0.840. The van der Waals surface area contributed by atoms with E-state index in [2.05, 4.69) is 15.2 Å². The second-order valence-electron chi connectivity index (χ2n) is 6.35. The molecule has 2 N–H and O–H groups in total. The number of urea groups is 1. The SMILES string of the molecule is Cc1ccc(CNC(=O)N(C)CCC(C)O)c(N2CCCC2)n1. The molecule has 2 amide bonds. The van der Waals surface area contributed by atoms with E-state index in [4.69, 9.17) is 0 Å². The van der Waals surface area contributed by atoms with E-state index in [1.165, 1.54) is 12.8 Å². The molecule has 2 rings (SSSR count). The molecule has 0 bridgehead atoms. The molecule has 6 heteroatoms. The molecule has 1 aromatic heterocycles. The van der Waals surface area contributed by atoms with E-state index in [-0.39, 0.29) is 6.03 Å². The lowest BCUT2D eigenvalue weighted by atomic mass is 10.2. The number of anilines is 1. The molecule has 2 heterocycles. The van der Waals surface area contributed by atoms with Crippen molar-refractivity contribution in [1.82, 2.24) is 15.2 Å². The Morgan fingerprint density at radius 2 is 2.13 bits per heavy atom. The van der Waals surface area contributed by atoms with Gasteiger partial charge >= 0.3 is 6.03 Å². The highest BCUT2D eigenvalue weighted by molar-refractivity contribution is 5.74. The van der Waals surface area contributed by atoms with Crippen molar-refractivity contribution < 1.29 is 9.90 Å². The third-order valence-corrected chi connectivity index (χ3v) is 4.16. The van der Waals surface area contributed by atoms with Gasteiger partial charge in [-0.25, -0.2) is 9.78 Å². The van der Waals surface area contributed by atoms with Gasteiger partial charge < -0.3 is 20.2 Å². The number of nitrogens with one attached hydrogen (secondary N) is 1. The van der Waals surface area contributed by atoms with Gasteiger partial charge in [-0.3, -0.25) is 0 Å². The smallest absolute Gasteiger partial charge is 0.317 e. The largest absolute Gasteiger partial charge is 0.393 e. The van der Waals surface area contributed by atoms with E-state index in [1.54, 1.807) is 18.9 Å². The van der Waals surface area contributed by atoms with Crippen LogP contribution in [0.4, 0.5) is 10.6 Å². The van der Waals surface area contributed by atoms with Crippen molar-refractivity contribution in [3.63, 3.8) is 0 Å². The molecule has 1 aromatic rings. The minimum absolute atomic E-state index is 0.126. The maximum absolute atomic E-state index is 12.1. The van der Waals surface area contributed by atoms with Crippen LogP contribution in [0.15, 0.2) is 12.1 Å². The molecule has 0 spiro atoms. The molecule has 0 radical (unpaired) electrons. The number of amides is 2. The van der Waals surface area contributed by atoms with Crippen LogP contribution in [0.25, 0.3) is 0 Å². The summed E-state index contributed by atoms with van der Waals surface area (Å²) in [4.78, 5) is 20.7. The maximum Gasteiger partial charge on any atom is 0.317 e. The van der Waals surface area contributed by atoms with Crippen LogP contribution in [0.1, 0.15) is 37.4 Å². The van der Waals surface area contributed by atoms with E-state index in [0.717, 1.165) is 30.2 Å². The number of hydrogen-bond donors (Lipinski definition) is 2. The predicted molar refractivity (Wildman–Crippen MR) is 91.6 cm³/mol. The van der Waals surface area contributed by atoms with Gasteiger partial charge in [-0.05, 0) is 39.2 Å². The monoisotopic (exact) mass is 320 g/mol. The van der Waals surface area contributed by atoms with Gasteiger partial charge in [-0.15, -0.1) is 0 Å². The lowest BCUT2D eigenvalue weighted by Crippen LogP contribution is -2.38. The summed E-state index contributed by atoms with van der Waals surface area (Å²) in [6.07, 6.45) is 2.58. The van der Waals surface area contributed by atoms with Crippen molar-refractivity contribution in [2.45, 2.75) is 45.8 Å². The number of aryl methyl sites for hydroxylation is 1. The Hall–Kier alpha value is -1.82. The van der Waals surface area contributed by atoms with Crippen LogP contribution in [0.5, 0.6) is 0 Å². The van der Waals surface area contributed by atoms with Gasteiger partial charge in [-0.1, -0.05) is 6.07 Å². The fourth-order valence-corrected chi connectivity index (χ4v) is 2.70. The Balaban J connectivity index is 1.95. The molecule has 1 aliphatic heterocycles. The summed E-state index contributed by atoms with van der Waals surface area (Å²) < 4.78 is 0. The van der Waals surface area contributed by atoms with Crippen molar-refractivity contribution in [1.29, 1.82) is 0 Å². The van der Waals surface area contributed by atoms with Gasteiger partial charge in [-0.2, -0.15) is 0 Å². The summed E-state index contributed by atoms with van der Waals surface area (Å²) in [6.45, 7) is 6.79.